The van der Waals surface area contributed by atoms with Gasteiger partial charge in [-0.05, 0) is 23.1 Å². The Kier molecular flexibility index (Phi) is 3.74. The number of rotatable bonds is 4. The number of benzene rings is 2. The van der Waals surface area contributed by atoms with Gasteiger partial charge < -0.3 is 0 Å². The van der Waals surface area contributed by atoms with Crippen LogP contribution in [-0.2, 0) is 6.42 Å². The zero-order valence-corrected chi connectivity index (χ0v) is 10.8. The first-order valence-corrected chi connectivity index (χ1v) is 6.04. The number of nitro benzene ring substituents is 2. The van der Waals surface area contributed by atoms with Crippen LogP contribution in [0.4, 0.5) is 11.4 Å². The maximum atomic E-state index is 10.8. The van der Waals surface area contributed by atoms with Crippen molar-refractivity contribution in [3.63, 3.8) is 0 Å². The van der Waals surface area contributed by atoms with Crippen LogP contribution in [0.25, 0.3) is 11.1 Å². The highest BCUT2D eigenvalue weighted by Crippen LogP contribution is 2.29. The van der Waals surface area contributed by atoms with E-state index in [1.807, 2.05) is 31.2 Å². The Morgan fingerprint density at radius 3 is 1.75 bits per heavy atom. The van der Waals surface area contributed by atoms with E-state index in [1.54, 1.807) is 0 Å². The lowest BCUT2D eigenvalue weighted by molar-refractivity contribution is -0.394. The largest absolute Gasteiger partial charge is 0.276 e. The molecule has 20 heavy (non-hydrogen) atoms. The van der Waals surface area contributed by atoms with Gasteiger partial charge in [0.15, 0.2) is 0 Å². The van der Waals surface area contributed by atoms with Crippen LogP contribution in [0.15, 0.2) is 42.5 Å². The Hall–Kier alpha value is -2.76. The van der Waals surface area contributed by atoms with E-state index in [1.165, 1.54) is 12.1 Å². The quantitative estimate of drug-likeness (QED) is 0.626. The van der Waals surface area contributed by atoms with Gasteiger partial charge in [-0.25, -0.2) is 0 Å². The summed E-state index contributed by atoms with van der Waals surface area (Å²) >= 11 is 0. The summed E-state index contributed by atoms with van der Waals surface area (Å²) in [5.74, 6) is 0. The summed E-state index contributed by atoms with van der Waals surface area (Å²) in [5, 5.41) is 21.7. The summed E-state index contributed by atoms with van der Waals surface area (Å²) in [4.78, 5) is 20.4. The highest BCUT2D eigenvalue weighted by molar-refractivity contribution is 5.69. The Balaban J connectivity index is 2.53. The second-order valence-corrected chi connectivity index (χ2v) is 4.30. The van der Waals surface area contributed by atoms with Crippen LogP contribution in [-0.4, -0.2) is 9.85 Å². The van der Waals surface area contributed by atoms with Crippen molar-refractivity contribution in [2.45, 2.75) is 13.3 Å². The summed E-state index contributed by atoms with van der Waals surface area (Å²) in [6, 6.07) is 11.1. The number of aryl methyl sites for hydroxylation is 1. The second-order valence-electron chi connectivity index (χ2n) is 4.30. The normalized spacial score (nSPS) is 10.2. The lowest BCUT2D eigenvalue weighted by atomic mass is 10.0. The van der Waals surface area contributed by atoms with Crippen LogP contribution in [0.2, 0.25) is 0 Å². The van der Waals surface area contributed by atoms with Gasteiger partial charge in [-0.2, -0.15) is 0 Å². The summed E-state index contributed by atoms with van der Waals surface area (Å²) in [6.07, 6.45) is 0.884. The third-order valence-corrected chi connectivity index (χ3v) is 3.02. The summed E-state index contributed by atoms with van der Waals surface area (Å²) in [5.41, 5.74) is 1.75. The molecule has 0 unspecified atom stereocenters. The van der Waals surface area contributed by atoms with Gasteiger partial charge in [0.1, 0.15) is 0 Å². The fourth-order valence-corrected chi connectivity index (χ4v) is 1.91. The molecule has 2 rings (SSSR count). The Morgan fingerprint density at radius 2 is 1.35 bits per heavy atom. The molecule has 102 valence electrons. The van der Waals surface area contributed by atoms with Crippen molar-refractivity contribution in [1.82, 2.24) is 0 Å². The van der Waals surface area contributed by atoms with Gasteiger partial charge in [-0.3, -0.25) is 20.2 Å². The van der Waals surface area contributed by atoms with Crippen molar-refractivity contribution in [3.8, 4) is 11.1 Å². The molecule has 0 N–H and O–H groups in total. The van der Waals surface area contributed by atoms with E-state index in [-0.39, 0.29) is 11.4 Å². The topological polar surface area (TPSA) is 86.3 Å². The van der Waals surface area contributed by atoms with Crippen molar-refractivity contribution in [2.75, 3.05) is 0 Å². The van der Waals surface area contributed by atoms with Crippen LogP contribution in [0.5, 0.6) is 0 Å². The molecule has 0 heterocycles. The lowest BCUT2D eigenvalue weighted by Crippen LogP contribution is -1.94. The molecule has 0 saturated carbocycles. The maximum Gasteiger partial charge on any atom is 0.276 e. The first-order chi connectivity index (χ1) is 9.51. The van der Waals surface area contributed by atoms with Gasteiger partial charge >= 0.3 is 0 Å². The van der Waals surface area contributed by atoms with Crippen LogP contribution in [0.1, 0.15) is 12.5 Å². The monoisotopic (exact) mass is 272 g/mol. The van der Waals surface area contributed by atoms with E-state index in [2.05, 4.69) is 0 Å². The second kappa shape index (κ2) is 5.48. The minimum absolute atomic E-state index is 0.284. The lowest BCUT2D eigenvalue weighted by Gasteiger charge is -2.03. The minimum Gasteiger partial charge on any atom is -0.258 e. The first-order valence-electron chi connectivity index (χ1n) is 6.04. The fourth-order valence-electron chi connectivity index (χ4n) is 1.91. The number of non-ortho nitro benzene ring substituents is 2. The number of nitro groups is 2. The molecule has 0 atom stereocenters. The van der Waals surface area contributed by atoms with Crippen LogP contribution in [0.3, 0.4) is 0 Å². The van der Waals surface area contributed by atoms with Gasteiger partial charge in [0, 0.05) is 12.1 Å². The molecule has 0 aliphatic heterocycles. The van der Waals surface area contributed by atoms with E-state index < -0.39 is 9.85 Å². The average Bonchev–Trinajstić information content (AvgIpc) is 2.46. The molecule has 0 fully saturated rings. The third-order valence-electron chi connectivity index (χ3n) is 3.02. The zero-order valence-electron chi connectivity index (χ0n) is 10.8. The van der Waals surface area contributed by atoms with Gasteiger partial charge in [0.05, 0.1) is 15.9 Å². The van der Waals surface area contributed by atoms with Crippen molar-refractivity contribution in [1.29, 1.82) is 0 Å². The molecule has 0 bridgehead atoms. The number of hydrogen-bond donors (Lipinski definition) is 0. The van der Waals surface area contributed by atoms with Crippen LogP contribution >= 0.6 is 0 Å². The van der Waals surface area contributed by atoms with Crippen molar-refractivity contribution in [2.24, 2.45) is 0 Å². The Labute approximate surface area is 115 Å². The molecule has 0 saturated heterocycles. The summed E-state index contributed by atoms with van der Waals surface area (Å²) in [7, 11) is 0. The summed E-state index contributed by atoms with van der Waals surface area (Å²) < 4.78 is 0. The molecular formula is C14H12N2O4. The zero-order chi connectivity index (χ0) is 14.7. The van der Waals surface area contributed by atoms with E-state index in [0.717, 1.165) is 18.1 Å². The standard InChI is InChI=1S/C14H12N2O4/c1-2-10-3-5-11(6-4-10)12-7-13(15(17)18)9-14(8-12)16(19)20/h3-9H,2H2,1H3. The fraction of sp³-hybridized carbons (Fsp3) is 0.143. The third kappa shape index (κ3) is 2.80. The predicted octanol–water partition coefficient (Wildman–Crippen LogP) is 3.73. The average molecular weight is 272 g/mol. The van der Waals surface area contributed by atoms with Crippen molar-refractivity contribution in [3.05, 3.63) is 68.3 Å². The Bertz CT molecular complexity index is 633. The molecule has 0 aromatic heterocycles. The SMILES string of the molecule is CCc1ccc(-c2cc([N+](=O)[O-])cc([N+](=O)[O-])c2)cc1. The van der Waals surface area contributed by atoms with Gasteiger partial charge in [0.25, 0.3) is 11.4 Å². The van der Waals surface area contributed by atoms with E-state index >= 15 is 0 Å². The van der Waals surface area contributed by atoms with E-state index in [9.17, 15) is 20.2 Å². The smallest absolute Gasteiger partial charge is 0.258 e. The minimum atomic E-state index is -0.628. The first kappa shape index (κ1) is 13.7. The van der Waals surface area contributed by atoms with Crippen LogP contribution < -0.4 is 0 Å². The molecule has 6 heteroatoms. The highest BCUT2D eigenvalue weighted by Gasteiger charge is 2.17. The molecule has 0 aliphatic rings. The molecule has 0 aliphatic carbocycles. The van der Waals surface area contributed by atoms with E-state index in [4.69, 9.17) is 0 Å². The molecule has 6 nitrogen and oxygen atoms in total. The highest BCUT2D eigenvalue weighted by atomic mass is 16.6. The van der Waals surface area contributed by atoms with Gasteiger partial charge in [-0.15, -0.1) is 0 Å². The van der Waals surface area contributed by atoms with Crippen molar-refractivity contribution < 1.29 is 9.85 Å². The molecule has 0 spiro atoms. The molecule has 2 aromatic rings. The number of nitrogens with zero attached hydrogens (tertiary/aromatic N) is 2. The molecule has 0 radical (unpaired) electrons. The van der Waals surface area contributed by atoms with Crippen LogP contribution in [0, 0.1) is 20.2 Å². The predicted molar refractivity (Wildman–Crippen MR) is 74.6 cm³/mol. The Morgan fingerprint density at radius 1 is 0.850 bits per heavy atom. The van der Waals surface area contributed by atoms with E-state index in [0.29, 0.717) is 11.1 Å². The molecule has 2 aromatic carbocycles. The maximum absolute atomic E-state index is 10.8. The summed E-state index contributed by atoms with van der Waals surface area (Å²) in [6.45, 7) is 2.02. The van der Waals surface area contributed by atoms with Gasteiger partial charge in [-0.1, -0.05) is 31.2 Å². The number of hydrogen-bond acceptors (Lipinski definition) is 4. The van der Waals surface area contributed by atoms with Gasteiger partial charge in [0.2, 0.25) is 0 Å². The molecular weight excluding hydrogens is 260 g/mol. The molecule has 0 amide bonds. The van der Waals surface area contributed by atoms with Crippen molar-refractivity contribution >= 4 is 11.4 Å².